The predicted molar refractivity (Wildman–Crippen MR) is 255 cm³/mol. The van der Waals surface area contributed by atoms with Crippen molar-refractivity contribution in [3.8, 4) is 11.8 Å². The number of likely N-dealkylation sites (tertiary alicyclic amines) is 1. The standard InChI is InChI=1S/C50H67N11O3S/c1-5-6-36-24-41(14-11-37(36)26-51)64-40-15-12-38(13-16-40)53-49(62)42-17-18-44(57-56-42)59-21-19-39(29-59)60-27-34(28-60)23-33-7-9-35(10-8-33)47-46-30(2)31(3)65-50(46)61-32(4)55-58-48(61)43(54-47)25-45-52-20-22-63-45/h7-11,14,17-18,24,30-32,34,38-40,43,45-46,48,50,52,55,58H,5-6,12-13,15-16,19-23,25,27-29H2,1-4H3,(H,53,62)/t30?,31?,32?,38?,39-,40?,43-,45?,46?,48?,50?/m0/s1. The summed E-state index contributed by atoms with van der Waals surface area (Å²) < 4.78 is 12.4. The van der Waals surface area contributed by atoms with Crippen molar-refractivity contribution in [1.82, 2.24) is 41.5 Å². The third-order valence-corrected chi connectivity index (χ3v) is 17.1. The van der Waals surface area contributed by atoms with Crippen LogP contribution in [0, 0.1) is 29.1 Å². The molecule has 7 aliphatic rings. The fourth-order valence-corrected chi connectivity index (χ4v) is 13.4. The van der Waals surface area contributed by atoms with Gasteiger partial charge in [-0.15, -0.1) is 22.0 Å². The third-order valence-electron chi connectivity index (χ3n) is 15.4. The van der Waals surface area contributed by atoms with Crippen LogP contribution in [0.15, 0.2) is 59.6 Å². The van der Waals surface area contributed by atoms with Gasteiger partial charge in [-0.3, -0.25) is 24.9 Å². The van der Waals surface area contributed by atoms with E-state index in [9.17, 15) is 10.1 Å². The molecule has 15 heteroatoms. The number of amides is 1. The molecule has 0 spiro atoms. The minimum absolute atomic E-state index is 0.0371. The maximum Gasteiger partial charge on any atom is 0.272 e. The molecule has 4 N–H and O–H groups in total. The van der Waals surface area contributed by atoms with E-state index in [1.54, 1.807) is 0 Å². The number of nitrogens with zero attached hydrogens (tertiary/aromatic N) is 7. The number of hydrogen-bond acceptors (Lipinski definition) is 14. The van der Waals surface area contributed by atoms with E-state index in [4.69, 9.17) is 14.5 Å². The number of aliphatic imine (C=N–C) groups is 1. The van der Waals surface area contributed by atoms with E-state index in [1.807, 2.05) is 30.3 Å². The van der Waals surface area contributed by atoms with Gasteiger partial charge in [0.25, 0.3) is 5.91 Å². The number of ether oxygens (including phenoxy) is 2. The van der Waals surface area contributed by atoms with E-state index in [2.05, 4.69) is 116 Å². The number of fused-ring (bicyclic) bond motifs is 3. The average Bonchev–Trinajstić information content (AvgIpc) is 4.12. The quantitative estimate of drug-likeness (QED) is 0.172. The summed E-state index contributed by atoms with van der Waals surface area (Å²) in [5.41, 5.74) is 13.2. The first-order valence-electron chi connectivity index (χ1n) is 24.5. The molecule has 1 aliphatic carbocycles. The largest absolute Gasteiger partial charge is 0.490 e. The van der Waals surface area contributed by atoms with Gasteiger partial charge in [0.2, 0.25) is 0 Å². The molecule has 65 heavy (non-hydrogen) atoms. The lowest BCUT2D eigenvalue weighted by atomic mass is 9.83. The van der Waals surface area contributed by atoms with Gasteiger partial charge in [0.15, 0.2) is 11.5 Å². The van der Waals surface area contributed by atoms with E-state index < -0.39 is 0 Å². The summed E-state index contributed by atoms with van der Waals surface area (Å²) in [5.74, 6) is 3.02. The lowest BCUT2D eigenvalue weighted by Gasteiger charge is -2.43. The molecule has 7 unspecified atom stereocenters. The van der Waals surface area contributed by atoms with Crippen molar-refractivity contribution in [3.05, 3.63) is 82.5 Å². The van der Waals surface area contributed by atoms with E-state index in [-0.39, 0.29) is 42.7 Å². The molecule has 9 atom stereocenters. The van der Waals surface area contributed by atoms with Gasteiger partial charge >= 0.3 is 0 Å². The number of benzene rings is 2. The Morgan fingerprint density at radius 2 is 1.83 bits per heavy atom. The minimum atomic E-state index is -0.170. The highest BCUT2D eigenvalue weighted by molar-refractivity contribution is 8.00. The van der Waals surface area contributed by atoms with Gasteiger partial charge in [-0.05, 0) is 111 Å². The van der Waals surface area contributed by atoms with Gasteiger partial charge in [0.05, 0.1) is 48.1 Å². The van der Waals surface area contributed by atoms with Crippen LogP contribution in [0.4, 0.5) is 5.82 Å². The Morgan fingerprint density at radius 3 is 2.57 bits per heavy atom. The molecule has 10 rings (SSSR count). The summed E-state index contributed by atoms with van der Waals surface area (Å²) in [4.78, 5) is 26.5. The van der Waals surface area contributed by atoms with E-state index >= 15 is 0 Å². The molecule has 6 aliphatic heterocycles. The second-order valence-corrected chi connectivity index (χ2v) is 21.2. The van der Waals surface area contributed by atoms with Gasteiger partial charge in [-0.1, -0.05) is 51.5 Å². The van der Waals surface area contributed by atoms with Crippen molar-refractivity contribution < 1.29 is 14.3 Å². The number of nitriles is 1. The third kappa shape index (κ3) is 9.55. The van der Waals surface area contributed by atoms with Gasteiger partial charge in [0.1, 0.15) is 12.0 Å². The van der Waals surface area contributed by atoms with E-state index in [0.29, 0.717) is 40.1 Å². The van der Waals surface area contributed by atoms with Gasteiger partial charge < -0.3 is 19.7 Å². The maximum atomic E-state index is 13.2. The molecule has 1 amide bonds. The highest BCUT2D eigenvalue weighted by Crippen LogP contribution is 2.49. The number of rotatable bonds is 13. The molecule has 2 aromatic carbocycles. The molecular weight excluding hydrogens is 835 g/mol. The predicted octanol–water partition coefficient (Wildman–Crippen LogP) is 5.48. The molecule has 3 aromatic rings. The van der Waals surface area contributed by atoms with Crippen molar-refractivity contribution >= 4 is 29.2 Å². The van der Waals surface area contributed by atoms with Crippen LogP contribution in [0.5, 0.6) is 5.75 Å². The topological polar surface area (TPSA) is 155 Å². The highest BCUT2D eigenvalue weighted by Gasteiger charge is 2.53. The number of nitrogens with one attached hydrogen (secondary N) is 4. The summed E-state index contributed by atoms with van der Waals surface area (Å²) in [7, 11) is 0. The first-order valence-corrected chi connectivity index (χ1v) is 25.4. The zero-order chi connectivity index (χ0) is 44.6. The maximum absolute atomic E-state index is 13.2. The fraction of sp³-hybridized carbons (Fsp3) is 0.620. The molecule has 5 saturated heterocycles. The molecule has 6 fully saturated rings. The first kappa shape index (κ1) is 44.7. The average molecular weight is 902 g/mol. The number of aromatic nitrogens is 2. The number of aryl methyl sites for hydroxylation is 1. The Kier molecular flexibility index (Phi) is 13.5. The Labute approximate surface area is 389 Å². The SMILES string of the molecule is CCCc1cc(OC2CCC(NC(=O)c3ccc(N4CC[C@H](N5CC(Cc6ccc(C7=N[C@@H](CC8NCCO8)C8NNC(C)N8C8SC(C)C(C)C78)cc6)C5)C4)nn3)CC2)ccc1C#N. The number of hydrazine groups is 1. The Balaban J connectivity index is 0.689. The van der Waals surface area contributed by atoms with Crippen molar-refractivity contribution in [2.45, 2.75) is 139 Å². The molecule has 1 aromatic heterocycles. The molecule has 0 radical (unpaired) electrons. The summed E-state index contributed by atoms with van der Waals surface area (Å²) in [6.07, 6.45) is 8.79. The summed E-state index contributed by atoms with van der Waals surface area (Å²) >= 11 is 2.12. The Morgan fingerprint density at radius 1 is 1.00 bits per heavy atom. The van der Waals surface area contributed by atoms with Crippen LogP contribution in [0.2, 0.25) is 0 Å². The molecule has 346 valence electrons. The number of thioether (sulfide) groups is 1. The normalized spacial score (nSPS) is 32.9. The fourth-order valence-electron chi connectivity index (χ4n) is 11.6. The van der Waals surface area contributed by atoms with E-state index in [0.717, 1.165) is 120 Å². The van der Waals surface area contributed by atoms with Crippen LogP contribution < -0.4 is 31.1 Å². The second-order valence-electron chi connectivity index (χ2n) is 19.7. The first-order chi connectivity index (χ1) is 31.7. The lowest BCUT2D eigenvalue weighted by molar-refractivity contribution is 0.0616. The van der Waals surface area contributed by atoms with Gasteiger partial charge in [0, 0.05) is 68.1 Å². The van der Waals surface area contributed by atoms with Crippen LogP contribution in [0.25, 0.3) is 0 Å². The van der Waals surface area contributed by atoms with Crippen LogP contribution in [-0.4, -0.2) is 124 Å². The smallest absolute Gasteiger partial charge is 0.272 e. The molecular formula is C50H67N11O3S. The van der Waals surface area contributed by atoms with Crippen molar-refractivity contribution in [3.63, 3.8) is 0 Å². The Bertz CT molecular complexity index is 2200. The number of anilines is 1. The van der Waals surface area contributed by atoms with Crippen LogP contribution in [0.1, 0.15) is 105 Å². The van der Waals surface area contributed by atoms with Gasteiger partial charge in [-0.25, -0.2) is 10.9 Å². The van der Waals surface area contributed by atoms with Crippen molar-refractivity contribution in [2.24, 2.45) is 22.7 Å². The summed E-state index contributed by atoms with van der Waals surface area (Å²) in [6.45, 7) is 15.0. The molecule has 14 nitrogen and oxygen atoms in total. The van der Waals surface area contributed by atoms with E-state index in [1.165, 1.54) is 16.8 Å². The van der Waals surface area contributed by atoms with Crippen LogP contribution in [0.3, 0.4) is 0 Å². The highest BCUT2D eigenvalue weighted by atomic mass is 32.2. The summed E-state index contributed by atoms with van der Waals surface area (Å²) in [6, 6.07) is 21.9. The number of carbonyl (C=O) groups excluding carboxylic acids is 1. The number of hydrogen-bond donors (Lipinski definition) is 4. The summed E-state index contributed by atoms with van der Waals surface area (Å²) in [5, 5.41) is 26.0. The monoisotopic (exact) mass is 902 g/mol. The van der Waals surface area contributed by atoms with Crippen molar-refractivity contribution in [2.75, 3.05) is 44.2 Å². The minimum Gasteiger partial charge on any atom is -0.490 e. The van der Waals surface area contributed by atoms with Gasteiger partial charge in [-0.2, -0.15) is 5.26 Å². The lowest BCUT2D eigenvalue weighted by Crippen LogP contribution is -2.53. The zero-order valence-corrected chi connectivity index (χ0v) is 39.3. The molecule has 0 bridgehead atoms. The number of carbonyl (C=O) groups is 1. The van der Waals surface area contributed by atoms with Crippen LogP contribution >= 0.6 is 11.8 Å². The molecule has 7 heterocycles. The second kappa shape index (κ2) is 19.6. The van der Waals surface area contributed by atoms with Crippen LogP contribution in [-0.2, 0) is 17.6 Å². The molecule has 1 saturated carbocycles. The zero-order valence-electron chi connectivity index (χ0n) is 38.5. The van der Waals surface area contributed by atoms with Crippen molar-refractivity contribution in [1.29, 1.82) is 5.26 Å². The Hall–Kier alpha value is -4.14.